The maximum atomic E-state index is 13.0. The number of likely N-dealkylation sites (tertiary alicyclic amines) is 1. The predicted molar refractivity (Wildman–Crippen MR) is 162 cm³/mol. The molecule has 1 aliphatic carbocycles. The topological polar surface area (TPSA) is 99.5 Å². The number of nitro benzene ring substituents is 1. The zero-order chi connectivity index (χ0) is 30.2. The summed E-state index contributed by atoms with van der Waals surface area (Å²) in [5.74, 6) is 0.820. The van der Waals surface area contributed by atoms with E-state index in [0.29, 0.717) is 23.9 Å². The number of non-ortho nitro benzene ring substituents is 1. The number of benzene rings is 2. The molecule has 0 unspecified atom stereocenters. The van der Waals surface area contributed by atoms with Crippen molar-refractivity contribution in [2.45, 2.75) is 50.3 Å². The Bertz CT molecular complexity index is 1210. The molecule has 42 heavy (non-hydrogen) atoms. The summed E-state index contributed by atoms with van der Waals surface area (Å²) in [6.07, 6.45) is 4.91. The van der Waals surface area contributed by atoms with E-state index in [1.165, 1.54) is 17.7 Å². The van der Waals surface area contributed by atoms with Crippen LogP contribution in [-0.2, 0) is 11.3 Å². The summed E-state index contributed by atoms with van der Waals surface area (Å²) in [5, 5.41) is 10.9. The van der Waals surface area contributed by atoms with Crippen LogP contribution in [-0.4, -0.2) is 96.1 Å². The van der Waals surface area contributed by atoms with Gasteiger partial charge in [-0.1, -0.05) is 36.4 Å². The molecule has 10 nitrogen and oxygen atoms in total. The number of hydrogen-bond acceptors (Lipinski definition) is 6. The SMILES string of the molecule is C=CCN(C(=O)OCc1ccc([N+](=O)[O-])cc1)C1CCN(C[C@H]2C[C@H](N(C)C(=O)N(C)C)C[C@@H]2c2ccccc2)CC1. The number of rotatable bonds is 10. The molecule has 0 aromatic heterocycles. The average molecular weight is 578 g/mol. The summed E-state index contributed by atoms with van der Waals surface area (Å²) in [7, 11) is 5.51. The first kappa shape index (κ1) is 31.0. The minimum absolute atomic E-state index is 0.00223. The number of hydrogen-bond donors (Lipinski definition) is 0. The van der Waals surface area contributed by atoms with Gasteiger partial charge in [-0.15, -0.1) is 6.58 Å². The minimum Gasteiger partial charge on any atom is -0.445 e. The zero-order valence-corrected chi connectivity index (χ0v) is 24.9. The van der Waals surface area contributed by atoms with E-state index in [0.717, 1.165) is 45.3 Å². The normalized spacial score (nSPS) is 21.0. The number of carbonyl (C=O) groups is 2. The first-order chi connectivity index (χ1) is 20.2. The third kappa shape index (κ3) is 7.67. The molecule has 0 N–H and O–H groups in total. The Labute approximate surface area is 248 Å². The molecule has 1 heterocycles. The van der Waals surface area contributed by atoms with Crippen molar-refractivity contribution in [3.8, 4) is 0 Å². The predicted octanol–water partition coefficient (Wildman–Crippen LogP) is 5.36. The Morgan fingerprint density at radius 1 is 1.02 bits per heavy atom. The van der Waals surface area contributed by atoms with Gasteiger partial charge >= 0.3 is 12.1 Å². The largest absolute Gasteiger partial charge is 0.445 e. The van der Waals surface area contributed by atoms with E-state index in [1.807, 2.05) is 18.0 Å². The van der Waals surface area contributed by atoms with Crippen molar-refractivity contribution in [3.05, 3.63) is 88.5 Å². The lowest BCUT2D eigenvalue weighted by atomic mass is 9.88. The lowest BCUT2D eigenvalue weighted by Crippen LogP contribution is -2.48. The summed E-state index contributed by atoms with van der Waals surface area (Å²) in [5.41, 5.74) is 2.03. The van der Waals surface area contributed by atoms with Crippen LogP contribution in [0.2, 0.25) is 0 Å². The van der Waals surface area contributed by atoms with E-state index in [-0.39, 0.29) is 30.4 Å². The minimum atomic E-state index is -0.453. The van der Waals surface area contributed by atoms with E-state index in [2.05, 4.69) is 35.7 Å². The molecule has 0 radical (unpaired) electrons. The molecule has 226 valence electrons. The van der Waals surface area contributed by atoms with Gasteiger partial charge in [-0.2, -0.15) is 0 Å². The highest BCUT2D eigenvalue weighted by molar-refractivity contribution is 5.74. The third-order valence-corrected chi connectivity index (χ3v) is 8.69. The molecular weight excluding hydrogens is 534 g/mol. The maximum Gasteiger partial charge on any atom is 0.410 e. The Morgan fingerprint density at radius 2 is 1.69 bits per heavy atom. The summed E-state index contributed by atoms with van der Waals surface area (Å²) in [6.45, 7) is 7.00. The fourth-order valence-corrected chi connectivity index (χ4v) is 6.39. The number of nitrogens with zero attached hydrogens (tertiary/aromatic N) is 5. The maximum absolute atomic E-state index is 13.0. The van der Waals surface area contributed by atoms with Gasteiger partial charge in [0.15, 0.2) is 0 Å². The molecule has 3 atom stereocenters. The van der Waals surface area contributed by atoms with Crippen molar-refractivity contribution in [2.75, 3.05) is 47.3 Å². The third-order valence-electron chi connectivity index (χ3n) is 8.69. The van der Waals surface area contributed by atoms with Gasteiger partial charge in [0.2, 0.25) is 0 Å². The number of ether oxygens (including phenoxy) is 1. The molecule has 2 aliphatic rings. The number of amides is 3. The summed E-state index contributed by atoms with van der Waals surface area (Å²) < 4.78 is 5.58. The molecule has 1 aliphatic heterocycles. The van der Waals surface area contributed by atoms with Crippen LogP contribution in [0.3, 0.4) is 0 Å². The Morgan fingerprint density at radius 3 is 2.29 bits per heavy atom. The van der Waals surface area contributed by atoms with Gasteiger partial charge in [0.25, 0.3) is 5.69 Å². The molecule has 0 spiro atoms. The number of urea groups is 1. The standard InChI is InChI=1S/C32H43N5O5/c1-5-17-36(32(39)42-23-24-11-13-28(14-12-24)37(40)41)27-15-18-35(19-16-27)22-26-20-29(34(4)31(38)33(2)3)21-30(26)25-9-7-6-8-10-25/h5-14,26-27,29-30H,1,15-23H2,2-4H3/t26-,29+,30-/m1/s1. The van der Waals surface area contributed by atoms with E-state index >= 15 is 0 Å². The van der Waals surface area contributed by atoms with Gasteiger partial charge < -0.3 is 24.3 Å². The smallest absolute Gasteiger partial charge is 0.410 e. The highest BCUT2D eigenvalue weighted by Gasteiger charge is 2.40. The van der Waals surface area contributed by atoms with Crippen molar-refractivity contribution in [3.63, 3.8) is 0 Å². The molecular formula is C32H43N5O5. The second-order valence-electron chi connectivity index (χ2n) is 11.6. The second-order valence-corrected chi connectivity index (χ2v) is 11.6. The molecule has 4 rings (SSSR count). The molecule has 10 heteroatoms. The van der Waals surface area contributed by atoms with Crippen LogP contribution in [0.25, 0.3) is 0 Å². The van der Waals surface area contributed by atoms with Gasteiger partial charge in [-0.3, -0.25) is 10.1 Å². The van der Waals surface area contributed by atoms with Crippen molar-refractivity contribution >= 4 is 17.8 Å². The molecule has 2 fully saturated rings. The van der Waals surface area contributed by atoms with Crippen LogP contribution in [0.4, 0.5) is 15.3 Å². The summed E-state index contributed by atoms with van der Waals surface area (Å²) in [4.78, 5) is 44.0. The monoisotopic (exact) mass is 577 g/mol. The average Bonchev–Trinajstić information content (AvgIpc) is 3.42. The van der Waals surface area contributed by atoms with Crippen molar-refractivity contribution in [2.24, 2.45) is 5.92 Å². The van der Waals surface area contributed by atoms with Crippen LogP contribution in [0.5, 0.6) is 0 Å². The quantitative estimate of drug-likeness (QED) is 0.214. The van der Waals surface area contributed by atoms with E-state index in [1.54, 1.807) is 42.1 Å². The van der Waals surface area contributed by atoms with Crippen molar-refractivity contribution in [1.29, 1.82) is 0 Å². The molecule has 2 aromatic rings. The lowest BCUT2D eigenvalue weighted by molar-refractivity contribution is -0.384. The molecule has 1 saturated heterocycles. The summed E-state index contributed by atoms with van der Waals surface area (Å²) in [6, 6.07) is 16.9. The lowest BCUT2D eigenvalue weighted by Gasteiger charge is -2.39. The van der Waals surface area contributed by atoms with Gasteiger partial charge in [0, 0.05) is 71.5 Å². The molecule has 0 bridgehead atoms. The number of carbonyl (C=O) groups excluding carboxylic acids is 2. The Hall–Kier alpha value is -3.92. The highest BCUT2D eigenvalue weighted by atomic mass is 16.6. The number of piperidine rings is 1. The van der Waals surface area contributed by atoms with E-state index < -0.39 is 11.0 Å². The van der Waals surface area contributed by atoms with Crippen LogP contribution >= 0.6 is 0 Å². The van der Waals surface area contributed by atoms with Crippen molar-refractivity contribution < 1.29 is 19.2 Å². The second kappa shape index (κ2) is 14.3. The fraction of sp³-hybridized carbons (Fsp3) is 0.500. The molecule has 3 amide bonds. The van der Waals surface area contributed by atoms with Crippen LogP contribution in [0.1, 0.15) is 42.7 Å². The Kier molecular flexibility index (Phi) is 10.6. The van der Waals surface area contributed by atoms with Crippen LogP contribution < -0.4 is 0 Å². The van der Waals surface area contributed by atoms with Gasteiger partial charge in [0.1, 0.15) is 6.61 Å². The fourth-order valence-electron chi connectivity index (χ4n) is 6.39. The number of nitro groups is 1. The van der Waals surface area contributed by atoms with E-state index in [4.69, 9.17) is 4.74 Å². The van der Waals surface area contributed by atoms with Crippen LogP contribution in [0.15, 0.2) is 67.3 Å². The van der Waals surface area contributed by atoms with Gasteiger partial charge in [0.05, 0.1) is 4.92 Å². The van der Waals surface area contributed by atoms with Gasteiger partial charge in [-0.25, -0.2) is 9.59 Å². The molecule has 1 saturated carbocycles. The summed E-state index contributed by atoms with van der Waals surface area (Å²) >= 11 is 0. The first-order valence-electron chi connectivity index (χ1n) is 14.7. The van der Waals surface area contributed by atoms with Crippen LogP contribution in [0, 0.1) is 16.0 Å². The Balaban J connectivity index is 1.34. The zero-order valence-electron chi connectivity index (χ0n) is 24.9. The highest BCUT2D eigenvalue weighted by Crippen LogP contribution is 2.42. The van der Waals surface area contributed by atoms with Gasteiger partial charge in [-0.05, 0) is 60.8 Å². The van der Waals surface area contributed by atoms with Crippen molar-refractivity contribution in [1.82, 2.24) is 19.6 Å². The molecule has 2 aromatic carbocycles. The first-order valence-corrected chi connectivity index (χ1v) is 14.7. The van der Waals surface area contributed by atoms with E-state index in [9.17, 15) is 19.7 Å².